The summed E-state index contributed by atoms with van der Waals surface area (Å²) in [6.45, 7) is 3.68. The molecule has 3 amide bonds. The molecule has 0 aromatic rings. The van der Waals surface area contributed by atoms with Crippen LogP contribution < -0.4 is 16.0 Å². The zero-order chi connectivity index (χ0) is 19.6. The Morgan fingerprint density at radius 3 is 2.24 bits per heavy atom. The maximum absolute atomic E-state index is 12.4. The van der Waals surface area contributed by atoms with E-state index in [0.29, 0.717) is 31.0 Å². The highest BCUT2D eigenvalue weighted by Crippen LogP contribution is 2.28. The third-order valence-electron chi connectivity index (χ3n) is 6.53. The van der Waals surface area contributed by atoms with Gasteiger partial charge in [-0.05, 0) is 63.8 Å². The van der Waals surface area contributed by atoms with Gasteiger partial charge >= 0.3 is 6.03 Å². The normalized spacial score (nSPS) is 20.8. The lowest BCUT2D eigenvalue weighted by Gasteiger charge is -2.32. The molecule has 0 unspecified atom stereocenters. The minimum atomic E-state index is -0.0267. The van der Waals surface area contributed by atoms with E-state index in [2.05, 4.69) is 16.0 Å². The van der Waals surface area contributed by atoms with Crippen molar-refractivity contribution in [3.63, 3.8) is 0 Å². The fraction of sp³-hybridized carbons (Fsp3) is 0.909. The lowest BCUT2D eigenvalue weighted by Crippen LogP contribution is -2.45. The molecule has 3 N–H and O–H groups in total. The lowest BCUT2D eigenvalue weighted by atomic mass is 9.96. The number of urea groups is 1. The second-order valence-corrected chi connectivity index (χ2v) is 9.05. The summed E-state index contributed by atoms with van der Waals surface area (Å²) in [5, 5.41) is 9.70. The molecule has 0 radical (unpaired) electrons. The highest BCUT2D eigenvalue weighted by Gasteiger charge is 2.25. The Morgan fingerprint density at radius 1 is 0.828 bits per heavy atom. The number of piperidine rings is 1. The Hall–Kier alpha value is -1.01. The van der Waals surface area contributed by atoms with Crippen LogP contribution in [0.2, 0.25) is 0 Å². The molecule has 3 rings (SSSR count). The van der Waals surface area contributed by atoms with Crippen LogP contribution in [0.3, 0.4) is 0 Å². The fourth-order valence-electron chi connectivity index (χ4n) is 4.41. The zero-order valence-corrected chi connectivity index (χ0v) is 18.7. The van der Waals surface area contributed by atoms with Crippen LogP contribution in [0.15, 0.2) is 0 Å². The third-order valence-corrected chi connectivity index (χ3v) is 6.53. The minimum Gasteiger partial charge on any atom is -0.343 e. The quantitative estimate of drug-likeness (QED) is 0.465. The average Bonchev–Trinajstić information content (AvgIpc) is 3.54. The van der Waals surface area contributed by atoms with E-state index in [0.717, 1.165) is 64.0 Å². The minimum absolute atomic E-state index is 0. The molecule has 0 aromatic heterocycles. The Labute approximate surface area is 182 Å². The molecule has 3 aliphatic rings. The van der Waals surface area contributed by atoms with Crippen LogP contribution in [0.5, 0.6) is 0 Å². The summed E-state index contributed by atoms with van der Waals surface area (Å²) in [4.78, 5) is 26.3. The number of likely N-dealkylation sites (tertiary alicyclic amines) is 1. The van der Waals surface area contributed by atoms with Crippen LogP contribution in [0, 0.1) is 5.92 Å². The van der Waals surface area contributed by atoms with E-state index in [-0.39, 0.29) is 18.4 Å². The standard InChI is InChI=1S/C22H40N4O2.ClH/c27-21(26-15-12-19(13-16-26)24-17-18-10-11-18)9-5-2-6-14-23-22(28)25-20-7-3-1-4-8-20;/h18-20,24H,1-17H2,(H2,23,25,28);1H. The van der Waals surface area contributed by atoms with Gasteiger partial charge < -0.3 is 20.9 Å². The highest BCUT2D eigenvalue weighted by molar-refractivity contribution is 5.85. The predicted octanol–water partition coefficient (Wildman–Crippen LogP) is 3.59. The first kappa shape index (κ1) is 24.3. The second kappa shape index (κ2) is 13.3. The summed E-state index contributed by atoms with van der Waals surface area (Å²) in [7, 11) is 0. The van der Waals surface area contributed by atoms with Crippen molar-refractivity contribution in [3.05, 3.63) is 0 Å². The van der Waals surface area contributed by atoms with Gasteiger partial charge in [-0.1, -0.05) is 25.7 Å². The largest absolute Gasteiger partial charge is 0.343 e. The van der Waals surface area contributed by atoms with Crippen LogP contribution >= 0.6 is 12.4 Å². The van der Waals surface area contributed by atoms with Crippen molar-refractivity contribution in [2.24, 2.45) is 5.92 Å². The Kier molecular flexibility index (Phi) is 11.1. The number of unbranched alkanes of at least 4 members (excludes halogenated alkanes) is 2. The molecular weight excluding hydrogens is 388 g/mol. The highest BCUT2D eigenvalue weighted by atomic mass is 35.5. The SMILES string of the molecule is Cl.O=C(NCCCCCC(=O)N1CCC(NCC2CC2)CC1)NC1CCCCC1. The summed E-state index contributed by atoms with van der Waals surface area (Å²) in [6, 6.07) is 0.941. The van der Waals surface area contributed by atoms with Crippen molar-refractivity contribution in [2.45, 2.75) is 95.6 Å². The molecule has 3 fully saturated rings. The zero-order valence-electron chi connectivity index (χ0n) is 17.9. The number of nitrogens with zero attached hydrogens (tertiary/aromatic N) is 1. The number of hydrogen-bond donors (Lipinski definition) is 3. The van der Waals surface area contributed by atoms with E-state index < -0.39 is 0 Å². The predicted molar refractivity (Wildman–Crippen MR) is 119 cm³/mol. The molecule has 7 heteroatoms. The number of amides is 3. The maximum Gasteiger partial charge on any atom is 0.315 e. The number of nitrogens with one attached hydrogen (secondary N) is 3. The molecule has 0 aromatic carbocycles. The smallest absolute Gasteiger partial charge is 0.315 e. The molecule has 1 heterocycles. The Bertz CT molecular complexity index is 487. The first-order valence-electron chi connectivity index (χ1n) is 11.8. The van der Waals surface area contributed by atoms with Gasteiger partial charge in [0.25, 0.3) is 0 Å². The van der Waals surface area contributed by atoms with E-state index in [1.54, 1.807) is 0 Å². The van der Waals surface area contributed by atoms with Crippen molar-refractivity contribution in [1.29, 1.82) is 0 Å². The fourth-order valence-corrected chi connectivity index (χ4v) is 4.41. The number of rotatable bonds is 10. The topological polar surface area (TPSA) is 73.5 Å². The van der Waals surface area contributed by atoms with E-state index in [1.165, 1.54) is 38.6 Å². The van der Waals surface area contributed by atoms with Gasteiger partial charge in [-0.25, -0.2) is 4.79 Å². The van der Waals surface area contributed by atoms with Gasteiger partial charge in [0.15, 0.2) is 0 Å². The van der Waals surface area contributed by atoms with Crippen molar-refractivity contribution in [3.8, 4) is 0 Å². The first-order chi connectivity index (χ1) is 13.7. The van der Waals surface area contributed by atoms with E-state index in [1.807, 2.05) is 4.90 Å². The van der Waals surface area contributed by atoms with Crippen LogP contribution in [0.25, 0.3) is 0 Å². The number of carbonyl (C=O) groups is 2. The van der Waals surface area contributed by atoms with Gasteiger partial charge in [0.1, 0.15) is 0 Å². The summed E-state index contributed by atoms with van der Waals surface area (Å²) in [5.74, 6) is 1.23. The van der Waals surface area contributed by atoms with Gasteiger partial charge in [-0.2, -0.15) is 0 Å². The number of hydrogen-bond acceptors (Lipinski definition) is 3. The molecule has 168 valence electrons. The van der Waals surface area contributed by atoms with Crippen LogP contribution in [0.4, 0.5) is 4.79 Å². The molecule has 6 nitrogen and oxygen atoms in total. The number of carbonyl (C=O) groups excluding carboxylic acids is 2. The van der Waals surface area contributed by atoms with Gasteiger partial charge in [0.05, 0.1) is 0 Å². The van der Waals surface area contributed by atoms with E-state index in [4.69, 9.17) is 0 Å². The number of halogens is 1. The van der Waals surface area contributed by atoms with Gasteiger partial charge in [0, 0.05) is 38.1 Å². The summed E-state index contributed by atoms with van der Waals surface area (Å²) < 4.78 is 0. The van der Waals surface area contributed by atoms with Crippen molar-refractivity contribution >= 4 is 24.3 Å². The van der Waals surface area contributed by atoms with Crippen molar-refractivity contribution in [1.82, 2.24) is 20.9 Å². The van der Waals surface area contributed by atoms with Crippen LogP contribution in [0.1, 0.15) is 83.5 Å². The summed E-state index contributed by atoms with van der Waals surface area (Å²) >= 11 is 0. The van der Waals surface area contributed by atoms with E-state index >= 15 is 0 Å². The third kappa shape index (κ3) is 9.56. The Balaban J connectivity index is 0.00000300. The van der Waals surface area contributed by atoms with Gasteiger partial charge in [0.2, 0.25) is 5.91 Å². The first-order valence-corrected chi connectivity index (χ1v) is 11.8. The van der Waals surface area contributed by atoms with Crippen LogP contribution in [-0.2, 0) is 4.79 Å². The molecule has 29 heavy (non-hydrogen) atoms. The van der Waals surface area contributed by atoms with Gasteiger partial charge in [-0.3, -0.25) is 4.79 Å². The lowest BCUT2D eigenvalue weighted by molar-refractivity contribution is -0.132. The molecular formula is C22H41ClN4O2. The Morgan fingerprint density at radius 2 is 1.55 bits per heavy atom. The maximum atomic E-state index is 12.4. The van der Waals surface area contributed by atoms with Crippen LogP contribution in [-0.4, -0.2) is 55.1 Å². The van der Waals surface area contributed by atoms with Crippen molar-refractivity contribution < 1.29 is 9.59 Å². The monoisotopic (exact) mass is 428 g/mol. The van der Waals surface area contributed by atoms with E-state index in [9.17, 15) is 9.59 Å². The summed E-state index contributed by atoms with van der Waals surface area (Å²) in [6.07, 6.45) is 14.5. The molecule has 2 aliphatic carbocycles. The molecule has 0 spiro atoms. The second-order valence-electron chi connectivity index (χ2n) is 9.05. The summed E-state index contributed by atoms with van der Waals surface area (Å²) in [5.41, 5.74) is 0. The molecule has 1 saturated heterocycles. The van der Waals surface area contributed by atoms with Crippen molar-refractivity contribution in [2.75, 3.05) is 26.2 Å². The molecule has 0 atom stereocenters. The molecule has 2 saturated carbocycles. The molecule has 1 aliphatic heterocycles. The van der Waals surface area contributed by atoms with Gasteiger partial charge in [-0.15, -0.1) is 12.4 Å². The average molecular weight is 429 g/mol. The molecule has 0 bridgehead atoms.